The number of carbonyl (C=O) groups is 1. The fourth-order valence-corrected chi connectivity index (χ4v) is 5.74. The van der Waals surface area contributed by atoms with Gasteiger partial charge in [0.05, 0.1) is 21.3 Å². The van der Waals surface area contributed by atoms with E-state index in [2.05, 4.69) is 29.2 Å². The van der Waals surface area contributed by atoms with E-state index in [1.807, 2.05) is 47.0 Å². The first-order valence-electron chi connectivity index (χ1n) is 11.6. The summed E-state index contributed by atoms with van der Waals surface area (Å²) in [7, 11) is 0. The maximum Gasteiger partial charge on any atom is 0.414 e. The van der Waals surface area contributed by atoms with Gasteiger partial charge in [-0.2, -0.15) is 0 Å². The van der Waals surface area contributed by atoms with Gasteiger partial charge in [-0.05, 0) is 44.9 Å². The lowest BCUT2D eigenvalue weighted by Gasteiger charge is -2.34. The van der Waals surface area contributed by atoms with Gasteiger partial charge in [0.2, 0.25) is 5.88 Å². The highest BCUT2D eigenvalue weighted by Gasteiger charge is 2.25. The molecule has 4 aromatic rings. The van der Waals surface area contributed by atoms with E-state index in [0.29, 0.717) is 33.4 Å². The predicted octanol–water partition coefficient (Wildman–Crippen LogP) is 6.67. The molecule has 0 spiro atoms. The van der Waals surface area contributed by atoms with Crippen molar-refractivity contribution in [3.8, 4) is 16.5 Å². The van der Waals surface area contributed by atoms with Crippen LogP contribution in [-0.4, -0.2) is 45.9 Å². The summed E-state index contributed by atoms with van der Waals surface area (Å²) < 4.78 is 13.9. The molecule has 1 amide bonds. The minimum Gasteiger partial charge on any atom is -0.391 e. The van der Waals surface area contributed by atoms with Gasteiger partial charge >= 0.3 is 6.09 Å². The molecular weight excluding hydrogens is 507 g/mol. The predicted molar refractivity (Wildman–Crippen MR) is 140 cm³/mol. The Morgan fingerprint density at radius 3 is 2.71 bits per heavy atom. The zero-order chi connectivity index (χ0) is 24.5. The molecule has 1 aliphatic rings. The monoisotopic (exact) mass is 532 g/mol. The molecule has 4 heterocycles. The number of para-hydroxylation sites is 1. The number of ether oxygens (including phenoxy) is 1. The number of hydrogen-bond acceptors (Lipinski definition) is 6. The second-order valence-electron chi connectivity index (χ2n) is 8.95. The Morgan fingerprint density at radius 1 is 1.23 bits per heavy atom. The molecule has 1 aromatic carbocycles. The van der Waals surface area contributed by atoms with Crippen molar-refractivity contribution in [2.75, 3.05) is 13.1 Å². The second-order valence-corrected chi connectivity index (χ2v) is 11.0. The largest absolute Gasteiger partial charge is 0.414 e. The van der Waals surface area contributed by atoms with E-state index < -0.39 is 6.09 Å². The van der Waals surface area contributed by atoms with Crippen LogP contribution in [0.5, 0.6) is 5.88 Å². The molecule has 0 unspecified atom stereocenters. The molecule has 10 heteroatoms. The molecule has 0 atom stereocenters. The van der Waals surface area contributed by atoms with Crippen LogP contribution in [0, 0.1) is 0 Å². The van der Waals surface area contributed by atoms with E-state index in [1.54, 1.807) is 0 Å². The first-order valence-corrected chi connectivity index (χ1v) is 13.2. The van der Waals surface area contributed by atoms with Gasteiger partial charge in [0, 0.05) is 36.6 Å². The molecule has 1 fully saturated rings. The molecule has 184 valence electrons. The average molecular weight is 533 g/mol. The molecule has 5 rings (SSSR count). The van der Waals surface area contributed by atoms with Crippen molar-refractivity contribution in [3.63, 3.8) is 0 Å². The first kappa shape index (κ1) is 24.2. The number of nitrogens with one attached hydrogen (secondary N) is 1. The topological polar surface area (TPSA) is 72.5 Å². The van der Waals surface area contributed by atoms with Gasteiger partial charge in [-0.25, -0.2) is 4.79 Å². The highest BCUT2D eigenvalue weighted by molar-refractivity contribution is 7.19. The fraction of sp³-hybridized carbons (Fsp3) is 0.360. The summed E-state index contributed by atoms with van der Waals surface area (Å²) >= 11 is 14.2. The molecule has 1 N–H and O–H groups in total. The molecule has 3 aromatic heterocycles. The number of aromatic nitrogens is 2. The number of benzene rings is 1. The average Bonchev–Trinajstić information content (AvgIpc) is 3.55. The fourth-order valence-electron chi connectivity index (χ4n) is 4.45. The number of piperidine rings is 1. The maximum atomic E-state index is 12.9. The van der Waals surface area contributed by atoms with Crippen molar-refractivity contribution in [3.05, 3.63) is 57.5 Å². The lowest BCUT2D eigenvalue weighted by molar-refractivity contribution is 0.151. The normalized spacial score (nSPS) is 15.2. The molecule has 1 saturated heterocycles. The van der Waals surface area contributed by atoms with Crippen molar-refractivity contribution >= 4 is 51.5 Å². The smallest absolute Gasteiger partial charge is 0.391 e. The van der Waals surface area contributed by atoms with Gasteiger partial charge in [0.25, 0.3) is 0 Å². The summed E-state index contributed by atoms with van der Waals surface area (Å²) in [5.41, 5.74) is 1.52. The Kier molecular flexibility index (Phi) is 7.07. The number of rotatable bonds is 6. The Morgan fingerprint density at radius 2 is 2.00 bits per heavy atom. The standard InChI is InChI=1S/C25H26Cl2N4O3S/c1-15(2)30-11-9-16(10-12-30)28-25(32)33-24-23(27)18-5-3-4-6-19(18)31(24)14-17-13-20(34-29-17)21-7-8-22(26)35-21/h3-8,13,15-16H,9-12,14H2,1-2H3,(H,28,32). The molecule has 35 heavy (non-hydrogen) atoms. The number of halogens is 2. The van der Waals surface area contributed by atoms with Gasteiger partial charge in [0.15, 0.2) is 5.76 Å². The molecule has 0 radical (unpaired) electrons. The number of likely N-dealkylation sites (tertiary alicyclic amines) is 1. The number of nitrogens with zero attached hydrogens (tertiary/aromatic N) is 3. The van der Waals surface area contributed by atoms with Crippen molar-refractivity contribution in [1.82, 2.24) is 19.9 Å². The van der Waals surface area contributed by atoms with E-state index in [0.717, 1.165) is 41.7 Å². The molecule has 1 aliphatic heterocycles. The van der Waals surface area contributed by atoms with Crippen LogP contribution in [0.4, 0.5) is 4.79 Å². The van der Waals surface area contributed by atoms with Gasteiger partial charge < -0.3 is 24.0 Å². The SMILES string of the molecule is CC(C)N1CCC(NC(=O)Oc2c(Cl)c3ccccc3n2Cc2cc(-c3ccc(Cl)s3)on2)CC1. The quantitative estimate of drug-likeness (QED) is 0.300. The van der Waals surface area contributed by atoms with E-state index in [-0.39, 0.29) is 11.9 Å². The van der Waals surface area contributed by atoms with Crippen LogP contribution in [0.1, 0.15) is 32.4 Å². The van der Waals surface area contributed by atoms with Gasteiger partial charge in [-0.15, -0.1) is 11.3 Å². The summed E-state index contributed by atoms with van der Waals surface area (Å²) in [6.45, 7) is 6.61. The van der Waals surface area contributed by atoms with Crippen LogP contribution in [-0.2, 0) is 6.54 Å². The lowest BCUT2D eigenvalue weighted by Crippen LogP contribution is -2.47. The Labute approximate surface area is 217 Å². The number of carbonyl (C=O) groups excluding carboxylic acids is 1. The lowest BCUT2D eigenvalue weighted by atomic mass is 10.0. The summed E-state index contributed by atoms with van der Waals surface area (Å²) in [5, 5.41) is 8.41. The van der Waals surface area contributed by atoms with Gasteiger partial charge in [-0.1, -0.05) is 46.6 Å². The summed E-state index contributed by atoms with van der Waals surface area (Å²) in [5.74, 6) is 0.918. The minimum atomic E-state index is -0.506. The van der Waals surface area contributed by atoms with Gasteiger partial charge in [0.1, 0.15) is 10.7 Å². The van der Waals surface area contributed by atoms with Crippen LogP contribution in [0.25, 0.3) is 21.5 Å². The maximum absolute atomic E-state index is 12.9. The Bertz CT molecular complexity index is 1340. The number of hydrogen-bond donors (Lipinski definition) is 1. The van der Waals surface area contributed by atoms with Crippen LogP contribution in [0.15, 0.2) is 47.0 Å². The number of amides is 1. The third kappa shape index (κ3) is 5.21. The van der Waals surface area contributed by atoms with E-state index in [1.165, 1.54) is 11.3 Å². The molecule has 0 aliphatic carbocycles. The van der Waals surface area contributed by atoms with Crippen LogP contribution < -0.4 is 10.1 Å². The highest BCUT2D eigenvalue weighted by atomic mass is 35.5. The van der Waals surface area contributed by atoms with Crippen LogP contribution >= 0.6 is 34.5 Å². The van der Waals surface area contributed by atoms with Crippen LogP contribution in [0.2, 0.25) is 9.36 Å². The van der Waals surface area contributed by atoms with E-state index >= 15 is 0 Å². The summed E-state index contributed by atoms with van der Waals surface area (Å²) in [6, 6.07) is 13.8. The highest BCUT2D eigenvalue weighted by Crippen LogP contribution is 2.38. The second kappa shape index (κ2) is 10.2. The van der Waals surface area contributed by atoms with Crippen molar-refractivity contribution in [2.45, 2.75) is 45.3 Å². The van der Waals surface area contributed by atoms with E-state index in [9.17, 15) is 4.79 Å². The molecular formula is C25H26Cl2N4O3S. The minimum absolute atomic E-state index is 0.0739. The van der Waals surface area contributed by atoms with E-state index in [4.69, 9.17) is 32.5 Å². The third-order valence-corrected chi connectivity index (χ3v) is 7.94. The molecule has 0 saturated carbocycles. The number of fused-ring (bicyclic) bond motifs is 1. The van der Waals surface area contributed by atoms with Crippen molar-refractivity contribution in [2.24, 2.45) is 0 Å². The van der Waals surface area contributed by atoms with Crippen LogP contribution in [0.3, 0.4) is 0 Å². The zero-order valence-electron chi connectivity index (χ0n) is 19.5. The van der Waals surface area contributed by atoms with Crippen molar-refractivity contribution in [1.29, 1.82) is 0 Å². The molecule has 7 nitrogen and oxygen atoms in total. The first-order chi connectivity index (χ1) is 16.9. The third-order valence-electron chi connectivity index (χ3n) is 6.33. The summed E-state index contributed by atoms with van der Waals surface area (Å²) in [6.07, 6.45) is 1.27. The molecule has 0 bridgehead atoms. The van der Waals surface area contributed by atoms with Gasteiger partial charge in [-0.3, -0.25) is 0 Å². The summed E-state index contributed by atoms with van der Waals surface area (Å²) in [4.78, 5) is 16.2. The zero-order valence-corrected chi connectivity index (χ0v) is 21.8. The van der Waals surface area contributed by atoms with Crippen molar-refractivity contribution < 1.29 is 14.1 Å². The Hall–Kier alpha value is -2.52. The Balaban J connectivity index is 1.36. The number of thiophene rings is 1.